The van der Waals surface area contributed by atoms with Gasteiger partial charge in [-0.05, 0) is 0 Å². The van der Waals surface area contributed by atoms with Crippen LogP contribution in [-0.4, -0.2) is 64.2 Å². The van der Waals surface area contributed by atoms with Gasteiger partial charge in [0.05, 0.1) is 18.8 Å². The molecule has 0 aromatic rings. The fraction of sp³-hybridized carbons (Fsp3) is 0.875. The van der Waals surface area contributed by atoms with Crippen LogP contribution < -0.4 is 0 Å². The summed E-state index contributed by atoms with van der Waals surface area (Å²) in [6.07, 6.45) is -4.41. The van der Waals surface area contributed by atoms with E-state index >= 15 is 0 Å². The lowest BCUT2D eigenvalue weighted by Gasteiger charge is -2.33. The molecule has 88 valence electrons. The number of carboxylic acid groups (broad SMARTS) is 1. The van der Waals surface area contributed by atoms with Crippen LogP contribution in [0.2, 0.25) is 0 Å². The first-order valence-corrected chi connectivity index (χ1v) is 4.50. The first kappa shape index (κ1) is 12.3. The van der Waals surface area contributed by atoms with Gasteiger partial charge in [0.25, 0.3) is 0 Å². The van der Waals surface area contributed by atoms with Crippen LogP contribution in [0.5, 0.6) is 0 Å². The normalized spacial score (nSPS) is 36.5. The Balaban J connectivity index is 2.28. The van der Waals surface area contributed by atoms with Gasteiger partial charge in [-0.1, -0.05) is 0 Å². The molecule has 7 nitrogen and oxygen atoms in total. The Morgan fingerprint density at radius 3 is 2.60 bits per heavy atom. The van der Waals surface area contributed by atoms with Crippen molar-refractivity contribution in [2.75, 3.05) is 13.2 Å². The minimum absolute atomic E-state index is 0.0485. The van der Waals surface area contributed by atoms with Gasteiger partial charge in [-0.25, -0.2) is 4.79 Å². The SMILES string of the molecule is O=C(O)COCC1C[C@@H](O)C(O)C(O)O1. The van der Waals surface area contributed by atoms with Gasteiger partial charge in [0.2, 0.25) is 0 Å². The van der Waals surface area contributed by atoms with E-state index in [0.717, 1.165) is 0 Å². The van der Waals surface area contributed by atoms with Gasteiger partial charge in [0, 0.05) is 6.42 Å². The largest absolute Gasteiger partial charge is 0.480 e. The van der Waals surface area contributed by atoms with Crippen LogP contribution in [0.1, 0.15) is 6.42 Å². The first-order chi connectivity index (χ1) is 7.00. The molecule has 1 saturated heterocycles. The second-order valence-corrected chi connectivity index (χ2v) is 3.35. The molecule has 1 aliphatic heterocycles. The molecule has 1 fully saturated rings. The van der Waals surface area contributed by atoms with Crippen molar-refractivity contribution >= 4 is 5.97 Å². The number of aliphatic carboxylic acids is 1. The zero-order chi connectivity index (χ0) is 11.4. The van der Waals surface area contributed by atoms with Crippen LogP contribution in [0, 0.1) is 0 Å². The summed E-state index contributed by atoms with van der Waals surface area (Å²) in [6.45, 7) is -0.512. The summed E-state index contributed by atoms with van der Waals surface area (Å²) in [5.41, 5.74) is 0. The number of aliphatic hydroxyl groups excluding tert-OH is 3. The van der Waals surface area contributed by atoms with E-state index in [9.17, 15) is 9.90 Å². The summed E-state index contributed by atoms with van der Waals surface area (Å²) in [5.74, 6) is -1.10. The monoisotopic (exact) mass is 222 g/mol. The number of aliphatic hydroxyl groups is 3. The molecule has 0 aromatic heterocycles. The average molecular weight is 222 g/mol. The maximum atomic E-state index is 10.1. The van der Waals surface area contributed by atoms with E-state index in [2.05, 4.69) is 0 Å². The maximum absolute atomic E-state index is 10.1. The van der Waals surface area contributed by atoms with E-state index in [1.54, 1.807) is 0 Å². The smallest absolute Gasteiger partial charge is 0.329 e. The van der Waals surface area contributed by atoms with E-state index in [0.29, 0.717) is 0 Å². The Labute approximate surface area is 85.9 Å². The van der Waals surface area contributed by atoms with E-state index in [1.165, 1.54) is 0 Å². The van der Waals surface area contributed by atoms with Crippen LogP contribution >= 0.6 is 0 Å². The number of hydrogen-bond acceptors (Lipinski definition) is 6. The third-order valence-electron chi connectivity index (χ3n) is 2.05. The molecular formula is C8H14O7. The number of carboxylic acids is 1. The molecule has 1 heterocycles. The van der Waals surface area contributed by atoms with Crippen molar-refractivity contribution < 1.29 is 34.7 Å². The van der Waals surface area contributed by atoms with Gasteiger partial charge in [-0.3, -0.25) is 0 Å². The predicted molar refractivity (Wildman–Crippen MR) is 46.0 cm³/mol. The molecule has 0 saturated carbocycles. The Morgan fingerprint density at radius 2 is 2.07 bits per heavy atom. The Kier molecular flexibility index (Phi) is 4.43. The number of ether oxygens (including phenoxy) is 2. The van der Waals surface area contributed by atoms with E-state index in [4.69, 9.17) is 24.8 Å². The van der Waals surface area contributed by atoms with E-state index in [1.807, 2.05) is 0 Å². The Bertz CT molecular complexity index is 207. The molecule has 0 radical (unpaired) electrons. The molecule has 0 aliphatic carbocycles. The van der Waals surface area contributed by atoms with Crippen LogP contribution in [-0.2, 0) is 14.3 Å². The molecule has 1 rings (SSSR count). The summed E-state index contributed by atoms with van der Waals surface area (Å²) < 4.78 is 9.62. The van der Waals surface area contributed by atoms with Crippen molar-refractivity contribution in [3.63, 3.8) is 0 Å². The third-order valence-corrected chi connectivity index (χ3v) is 2.05. The lowest BCUT2D eigenvalue weighted by Crippen LogP contribution is -2.49. The summed E-state index contributed by atoms with van der Waals surface area (Å²) >= 11 is 0. The molecule has 3 unspecified atom stereocenters. The number of carbonyl (C=O) groups is 1. The van der Waals surface area contributed by atoms with Crippen LogP contribution in [0.4, 0.5) is 0 Å². The second kappa shape index (κ2) is 5.38. The highest BCUT2D eigenvalue weighted by molar-refractivity contribution is 5.67. The Hall–Kier alpha value is -0.730. The lowest BCUT2D eigenvalue weighted by molar-refractivity contribution is -0.254. The zero-order valence-electron chi connectivity index (χ0n) is 7.94. The summed E-state index contributed by atoms with van der Waals surface area (Å²) in [5, 5.41) is 35.8. The fourth-order valence-electron chi connectivity index (χ4n) is 1.32. The van der Waals surface area contributed by atoms with E-state index < -0.39 is 37.2 Å². The average Bonchev–Trinajstić information content (AvgIpc) is 2.13. The second-order valence-electron chi connectivity index (χ2n) is 3.35. The molecule has 0 aromatic carbocycles. The third kappa shape index (κ3) is 3.73. The van der Waals surface area contributed by atoms with Gasteiger partial charge in [-0.2, -0.15) is 0 Å². The number of rotatable bonds is 4. The quantitative estimate of drug-likeness (QED) is 0.431. The van der Waals surface area contributed by atoms with Gasteiger partial charge >= 0.3 is 5.97 Å². The van der Waals surface area contributed by atoms with Crippen molar-refractivity contribution in [1.29, 1.82) is 0 Å². The highest BCUT2D eigenvalue weighted by Gasteiger charge is 2.35. The molecule has 0 spiro atoms. The molecule has 0 amide bonds. The van der Waals surface area contributed by atoms with Gasteiger partial charge in [-0.15, -0.1) is 0 Å². The molecule has 7 heteroatoms. The zero-order valence-corrected chi connectivity index (χ0v) is 7.94. The van der Waals surface area contributed by atoms with Gasteiger partial charge in [0.15, 0.2) is 6.29 Å². The van der Waals surface area contributed by atoms with E-state index in [-0.39, 0.29) is 13.0 Å². The molecule has 0 bridgehead atoms. The summed E-state index contributed by atoms with van der Waals surface area (Å²) in [6, 6.07) is 0. The standard InChI is InChI=1S/C8H14O7/c9-5-1-4(2-14-3-6(10)11)15-8(13)7(5)12/h4-5,7-9,12-13H,1-3H2,(H,10,11)/t4?,5-,7?,8?/m1/s1. The van der Waals surface area contributed by atoms with Crippen molar-refractivity contribution in [3.05, 3.63) is 0 Å². The molecular weight excluding hydrogens is 208 g/mol. The lowest BCUT2D eigenvalue weighted by atomic mass is 10.0. The van der Waals surface area contributed by atoms with Crippen molar-refractivity contribution in [2.45, 2.75) is 31.0 Å². The van der Waals surface area contributed by atoms with Crippen LogP contribution in [0.15, 0.2) is 0 Å². The van der Waals surface area contributed by atoms with Crippen LogP contribution in [0.3, 0.4) is 0 Å². The summed E-state index contributed by atoms with van der Waals surface area (Å²) in [7, 11) is 0. The summed E-state index contributed by atoms with van der Waals surface area (Å²) in [4.78, 5) is 10.1. The molecule has 4 atom stereocenters. The highest BCUT2D eigenvalue weighted by Crippen LogP contribution is 2.18. The minimum atomic E-state index is -1.47. The van der Waals surface area contributed by atoms with Crippen molar-refractivity contribution in [2.24, 2.45) is 0 Å². The fourth-order valence-corrected chi connectivity index (χ4v) is 1.32. The molecule has 15 heavy (non-hydrogen) atoms. The Morgan fingerprint density at radius 1 is 1.40 bits per heavy atom. The minimum Gasteiger partial charge on any atom is -0.480 e. The molecule has 1 aliphatic rings. The predicted octanol–water partition coefficient (Wildman–Crippen LogP) is -2.08. The van der Waals surface area contributed by atoms with Gasteiger partial charge in [0.1, 0.15) is 12.7 Å². The topological polar surface area (TPSA) is 116 Å². The van der Waals surface area contributed by atoms with Crippen LogP contribution in [0.25, 0.3) is 0 Å². The first-order valence-electron chi connectivity index (χ1n) is 4.50. The van der Waals surface area contributed by atoms with Crippen molar-refractivity contribution in [3.8, 4) is 0 Å². The molecule has 4 N–H and O–H groups in total. The maximum Gasteiger partial charge on any atom is 0.329 e. The highest BCUT2D eigenvalue weighted by atomic mass is 16.6. The van der Waals surface area contributed by atoms with Gasteiger partial charge < -0.3 is 29.9 Å². The number of hydrogen-bond donors (Lipinski definition) is 4. The van der Waals surface area contributed by atoms with Crippen molar-refractivity contribution in [1.82, 2.24) is 0 Å².